The Morgan fingerprint density at radius 3 is 2.61 bits per heavy atom. The molecule has 2 N–H and O–H groups in total. The van der Waals surface area contributed by atoms with Gasteiger partial charge in [0.05, 0.1) is 5.92 Å². The van der Waals surface area contributed by atoms with Gasteiger partial charge in [0, 0.05) is 6.04 Å². The normalized spacial score (nSPS) is 23.1. The van der Waals surface area contributed by atoms with E-state index >= 15 is 0 Å². The first-order valence-corrected chi connectivity index (χ1v) is 6.56. The molecule has 6 heteroatoms. The molecule has 1 saturated carbocycles. The Morgan fingerprint density at radius 1 is 1.39 bits per heavy atom. The molecule has 1 heterocycles. The highest BCUT2D eigenvalue weighted by Crippen LogP contribution is 2.25. The first kappa shape index (κ1) is 13.6. The SMILES string of the molecule is N[C@H]1CCC[C@@H]1C(=O)OCc1cc(Cl)nc(Cl)c1. The van der Waals surface area contributed by atoms with Gasteiger partial charge in [0.15, 0.2) is 0 Å². The van der Waals surface area contributed by atoms with E-state index < -0.39 is 0 Å². The summed E-state index contributed by atoms with van der Waals surface area (Å²) in [6, 6.07) is 3.16. The second-order valence-electron chi connectivity index (χ2n) is 4.43. The van der Waals surface area contributed by atoms with Crippen molar-refractivity contribution in [3.8, 4) is 0 Å². The minimum atomic E-state index is -0.246. The van der Waals surface area contributed by atoms with Crippen LogP contribution >= 0.6 is 23.2 Å². The van der Waals surface area contributed by atoms with Gasteiger partial charge in [-0.3, -0.25) is 4.79 Å². The third-order valence-electron chi connectivity index (χ3n) is 3.08. The van der Waals surface area contributed by atoms with E-state index in [4.69, 9.17) is 33.7 Å². The number of carbonyl (C=O) groups is 1. The molecule has 2 atom stereocenters. The maximum absolute atomic E-state index is 11.8. The molecule has 18 heavy (non-hydrogen) atoms. The molecule has 1 fully saturated rings. The Balaban J connectivity index is 1.92. The van der Waals surface area contributed by atoms with Crippen LogP contribution in [0.3, 0.4) is 0 Å². The third-order valence-corrected chi connectivity index (χ3v) is 3.46. The first-order chi connectivity index (χ1) is 8.56. The Labute approximate surface area is 115 Å². The van der Waals surface area contributed by atoms with Gasteiger partial charge in [0.25, 0.3) is 0 Å². The van der Waals surface area contributed by atoms with Crippen molar-refractivity contribution in [3.05, 3.63) is 28.0 Å². The Kier molecular flexibility index (Phi) is 4.43. The first-order valence-electron chi connectivity index (χ1n) is 5.80. The van der Waals surface area contributed by atoms with Gasteiger partial charge in [-0.05, 0) is 30.5 Å². The van der Waals surface area contributed by atoms with E-state index in [1.165, 1.54) is 0 Å². The predicted octanol–water partition coefficient (Wildman–Crippen LogP) is 2.56. The molecule has 0 aliphatic heterocycles. The highest BCUT2D eigenvalue weighted by molar-refractivity contribution is 6.32. The van der Waals surface area contributed by atoms with Crippen molar-refractivity contribution in [2.24, 2.45) is 11.7 Å². The summed E-state index contributed by atoms with van der Waals surface area (Å²) >= 11 is 11.5. The van der Waals surface area contributed by atoms with Crippen molar-refractivity contribution in [3.63, 3.8) is 0 Å². The number of aromatic nitrogens is 1. The molecule has 0 spiro atoms. The van der Waals surface area contributed by atoms with Gasteiger partial charge in [-0.1, -0.05) is 29.6 Å². The molecule has 0 amide bonds. The third kappa shape index (κ3) is 3.34. The average molecular weight is 289 g/mol. The van der Waals surface area contributed by atoms with Crippen LogP contribution in [0.5, 0.6) is 0 Å². The standard InChI is InChI=1S/C12H14Cl2N2O2/c13-10-4-7(5-11(14)16-10)6-18-12(17)8-2-1-3-9(8)15/h4-5,8-9H,1-3,6,15H2/t8-,9-/m0/s1. The lowest BCUT2D eigenvalue weighted by Gasteiger charge is -2.14. The van der Waals surface area contributed by atoms with Gasteiger partial charge in [-0.25, -0.2) is 4.98 Å². The Morgan fingerprint density at radius 2 is 2.06 bits per heavy atom. The molecule has 0 radical (unpaired) electrons. The van der Waals surface area contributed by atoms with Gasteiger partial charge in [0.1, 0.15) is 16.9 Å². The zero-order valence-electron chi connectivity index (χ0n) is 9.73. The molecule has 98 valence electrons. The highest BCUT2D eigenvalue weighted by Gasteiger charge is 2.31. The second-order valence-corrected chi connectivity index (χ2v) is 5.20. The number of carbonyl (C=O) groups excluding carboxylic acids is 1. The molecule has 0 bridgehead atoms. The van der Waals surface area contributed by atoms with Crippen LogP contribution in [-0.2, 0) is 16.1 Å². The van der Waals surface area contributed by atoms with Gasteiger partial charge < -0.3 is 10.5 Å². The van der Waals surface area contributed by atoms with Crippen LogP contribution in [0.15, 0.2) is 12.1 Å². The summed E-state index contributed by atoms with van der Waals surface area (Å²) in [5, 5.41) is 0.567. The van der Waals surface area contributed by atoms with Crippen LogP contribution in [0.4, 0.5) is 0 Å². The number of esters is 1. The summed E-state index contributed by atoms with van der Waals surface area (Å²) in [4.78, 5) is 15.6. The zero-order chi connectivity index (χ0) is 13.1. The smallest absolute Gasteiger partial charge is 0.310 e. The number of hydrogen-bond donors (Lipinski definition) is 1. The monoisotopic (exact) mass is 288 g/mol. The molecular weight excluding hydrogens is 275 g/mol. The molecular formula is C12H14Cl2N2O2. The van der Waals surface area contributed by atoms with Crippen molar-refractivity contribution in [2.75, 3.05) is 0 Å². The summed E-state index contributed by atoms with van der Waals surface area (Å²) in [5.74, 6) is -0.429. The topological polar surface area (TPSA) is 65.2 Å². The lowest BCUT2D eigenvalue weighted by atomic mass is 10.1. The predicted molar refractivity (Wildman–Crippen MR) is 69.4 cm³/mol. The fourth-order valence-corrected chi connectivity index (χ4v) is 2.65. The highest BCUT2D eigenvalue weighted by atomic mass is 35.5. The fraction of sp³-hybridized carbons (Fsp3) is 0.500. The van der Waals surface area contributed by atoms with Crippen molar-refractivity contribution in [1.82, 2.24) is 4.98 Å². The van der Waals surface area contributed by atoms with E-state index in [2.05, 4.69) is 4.98 Å². The maximum atomic E-state index is 11.8. The Hall–Kier alpha value is -0.840. The minimum Gasteiger partial charge on any atom is -0.461 e. The van der Waals surface area contributed by atoms with Crippen molar-refractivity contribution in [2.45, 2.75) is 31.9 Å². The van der Waals surface area contributed by atoms with Crippen LogP contribution in [0, 0.1) is 5.92 Å². The van der Waals surface area contributed by atoms with E-state index in [1.54, 1.807) is 12.1 Å². The molecule has 4 nitrogen and oxygen atoms in total. The lowest BCUT2D eigenvalue weighted by molar-refractivity contribution is -0.150. The number of hydrogen-bond acceptors (Lipinski definition) is 4. The molecule has 0 saturated heterocycles. The van der Waals surface area contributed by atoms with E-state index in [0.29, 0.717) is 0 Å². The van der Waals surface area contributed by atoms with Crippen LogP contribution < -0.4 is 5.73 Å². The molecule has 0 unspecified atom stereocenters. The summed E-state index contributed by atoms with van der Waals surface area (Å²) in [5.41, 5.74) is 6.57. The van der Waals surface area contributed by atoms with E-state index in [9.17, 15) is 4.79 Å². The van der Waals surface area contributed by atoms with Crippen LogP contribution in [0.25, 0.3) is 0 Å². The van der Waals surface area contributed by atoms with Crippen molar-refractivity contribution in [1.29, 1.82) is 0 Å². The van der Waals surface area contributed by atoms with Crippen LogP contribution in [0.2, 0.25) is 10.3 Å². The van der Waals surface area contributed by atoms with Gasteiger partial charge in [-0.15, -0.1) is 0 Å². The number of pyridine rings is 1. The van der Waals surface area contributed by atoms with Crippen molar-refractivity contribution >= 4 is 29.2 Å². The van der Waals surface area contributed by atoms with E-state index in [0.717, 1.165) is 24.8 Å². The molecule has 1 aliphatic rings. The van der Waals surface area contributed by atoms with Crippen molar-refractivity contribution < 1.29 is 9.53 Å². The van der Waals surface area contributed by atoms with Gasteiger partial charge in [0.2, 0.25) is 0 Å². The van der Waals surface area contributed by atoms with Gasteiger partial charge >= 0.3 is 5.97 Å². The molecule has 1 aromatic heterocycles. The number of ether oxygens (including phenoxy) is 1. The lowest BCUT2D eigenvalue weighted by Crippen LogP contribution is -2.31. The van der Waals surface area contributed by atoms with Crippen LogP contribution in [-0.4, -0.2) is 17.0 Å². The molecule has 0 aromatic carbocycles. The number of nitrogens with two attached hydrogens (primary N) is 1. The number of rotatable bonds is 3. The second kappa shape index (κ2) is 5.87. The number of halogens is 2. The molecule has 1 aliphatic carbocycles. The number of nitrogens with zero attached hydrogens (tertiary/aromatic N) is 1. The zero-order valence-corrected chi connectivity index (χ0v) is 11.2. The summed E-state index contributed by atoms with van der Waals surface area (Å²) < 4.78 is 5.23. The average Bonchev–Trinajstić information content (AvgIpc) is 2.71. The largest absolute Gasteiger partial charge is 0.461 e. The van der Waals surface area contributed by atoms with E-state index in [-0.39, 0.29) is 34.8 Å². The van der Waals surface area contributed by atoms with Crippen LogP contribution in [0.1, 0.15) is 24.8 Å². The molecule has 1 aromatic rings. The van der Waals surface area contributed by atoms with Gasteiger partial charge in [-0.2, -0.15) is 0 Å². The molecule has 2 rings (SSSR count). The minimum absolute atomic E-state index is 0.0814. The summed E-state index contributed by atoms with van der Waals surface area (Å²) in [6.07, 6.45) is 2.67. The van der Waals surface area contributed by atoms with E-state index in [1.807, 2.05) is 0 Å². The quantitative estimate of drug-likeness (QED) is 0.686. The Bertz CT molecular complexity index is 433. The summed E-state index contributed by atoms with van der Waals surface area (Å²) in [6.45, 7) is 0.143. The maximum Gasteiger partial charge on any atom is 0.310 e. The summed E-state index contributed by atoms with van der Waals surface area (Å²) in [7, 11) is 0. The fourth-order valence-electron chi connectivity index (χ4n) is 2.14.